The van der Waals surface area contributed by atoms with Gasteiger partial charge in [0, 0.05) is 5.69 Å². The fraction of sp³-hybridized carbons (Fsp3) is 0.125. The van der Waals surface area contributed by atoms with Gasteiger partial charge in [-0.15, -0.1) is 0 Å². The Bertz CT molecular complexity index is 865. The molecule has 3 rings (SSSR count). The number of hydrogen-bond donors (Lipinski definition) is 2. The van der Waals surface area contributed by atoms with Crippen molar-refractivity contribution in [2.75, 3.05) is 12.3 Å². The number of aromatic nitrogens is 2. The first-order chi connectivity index (χ1) is 10.6. The van der Waals surface area contributed by atoms with Crippen LogP contribution >= 0.6 is 0 Å². The van der Waals surface area contributed by atoms with Crippen LogP contribution in [0.15, 0.2) is 53.3 Å². The molecule has 1 aromatic heterocycles. The summed E-state index contributed by atoms with van der Waals surface area (Å²) < 4.78 is 6.58. The summed E-state index contributed by atoms with van der Waals surface area (Å²) in [5.74, 6) is 0.351. The molecule has 0 aliphatic rings. The van der Waals surface area contributed by atoms with Crippen LogP contribution in [0.5, 0.6) is 5.75 Å². The predicted octanol–water partition coefficient (Wildman–Crippen LogP) is 2.02. The number of nitrogens with zero attached hydrogens (tertiary/aromatic N) is 1. The van der Waals surface area contributed by atoms with Gasteiger partial charge in [-0.3, -0.25) is 4.79 Å². The number of anilines is 1. The van der Waals surface area contributed by atoms with E-state index >= 15 is 0 Å². The van der Waals surface area contributed by atoms with Crippen LogP contribution in [0.4, 0.5) is 5.69 Å². The number of carbonyl (C=O) groups is 1. The first-order valence-electron chi connectivity index (χ1n) is 6.86. The van der Waals surface area contributed by atoms with E-state index in [1.165, 1.54) is 0 Å². The summed E-state index contributed by atoms with van der Waals surface area (Å²) in [6.45, 7) is 0.199. The minimum absolute atomic E-state index is 0.0938. The standard InChI is InChI=1S/C16H15N3O3/c17-11-6-7-13-14(10-11)19(16(21)18-13)15(20)8-9-22-12-4-2-1-3-5-12/h1-7,10H,8-9,17H2,(H,18,21). The fourth-order valence-corrected chi connectivity index (χ4v) is 2.25. The number of nitrogens with one attached hydrogen (secondary N) is 1. The maximum Gasteiger partial charge on any atom is 0.333 e. The van der Waals surface area contributed by atoms with E-state index in [-0.39, 0.29) is 18.9 Å². The molecule has 2 aromatic carbocycles. The summed E-state index contributed by atoms with van der Waals surface area (Å²) in [6, 6.07) is 14.2. The van der Waals surface area contributed by atoms with Crippen LogP contribution in [0, 0.1) is 0 Å². The number of fused-ring (bicyclic) bond motifs is 1. The molecule has 6 heteroatoms. The van der Waals surface area contributed by atoms with Gasteiger partial charge in [-0.25, -0.2) is 9.36 Å². The second-order valence-electron chi connectivity index (χ2n) is 4.85. The fourth-order valence-electron chi connectivity index (χ4n) is 2.25. The third-order valence-corrected chi connectivity index (χ3v) is 3.28. The molecule has 112 valence electrons. The van der Waals surface area contributed by atoms with E-state index in [2.05, 4.69) is 4.98 Å². The maximum atomic E-state index is 12.3. The molecule has 0 amide bonds. The number of nitrogens with two attached hydrogens (primary N) is 1. The van der Waals surface area contributed by atoms with Crippen LogP contribution in [0.2, 0.25) is 0 Å². The topological polar surface area (TPSA) is 90.1 Å². The van der Waals surface area contributed by atoms with Gasteiger partial charge in [0.1, 0.15) is 5.75 Å². The quantitative estimate of drug-likeness (QED) is 0.721. The zero-order chi connectivity index (χ0) is 15.5. The maximum absolute atomic E-state index is 12.3. The molecule has 0 radical (unpaired) electrons. The number of rotatable bonds is 4. The largest absolute Gasteiger partial charge is 0.493 e. The number of hydrogen-bond acceptors (Lipinski definition) is 4. The third kappa shape index (κ3) is 2.71. The van der Waals surface area contributed by atoms with E-state index in [9.17, 15) is 9.59 Å². The van der Waals surface area contributed by atoms with E-state index < -0.39 is 5.69 Å². The number of para-hydroxylation sites is 1. The van der Waals surface area contributed by atoms with E-state index in [0.717, 1.165) is 4.57 Å². The Hall–Kier alpha value is -3.02. The van der Waals surface area contributed by atoms with E-state index in [4.69, 9.17) is 10.5 Å². The molecule has 6 nitrogen and oxygen atoms in total. The van der Waals surface area contributed by atoms with Crippen molar-refractivity contribution in [1.29, 1.82) is 0 Å². The Labute approximate surface area is 126 Å². The molecular formula is C16H15N3O3. The molecule has 0 aliphatic carbocycles. The Morgan fingerprint density at radius 3 is 2.73 bits per heavy atom. The molecule has 22 heavy (non-hydrogen) atoms. The minimum Gasteiger partial charge on any atom is -0.493 e. The summed E-state index contributed by atoms with van der Waals surface area (Å²) in [7, 11) is 0. The number of carbonyl (C=O) groups excluding carboxylic acids is 1. The number of aromatic amines is 1. The zero-order valence-electron chi connectivity index (χ0n) is 11.8. The van der Waals surface area contributed by atoms with Crippen molar-refractivity contribution in [3.63, 3.8) is 0 Å². The molecule has 0 saturated carbocycles. The van der Waals surface area contributed by atoms with Gasteiger partial charge < -0.3 is 15.5 Å². The number of H-pyrrole nitrogens is 1. The average molecular weight is 297 g/mol. The first-order valence-corrected chi connectivity index (χ1v) is 6.86. The van der Waals surface area contributed by atoms with Gasteiger partial charge in [-0.2, -0.15) is 0 Å². The highest BCUT2D eigenvalue weighted by Crippen LogP contribution is 2.15. The van der Waals surface area contributed by atoms with Crippen molar-refractivity contribution < 1.29 is 9.53 Å². The van der Waals surface area contributed by atoms with Crippen LogP contribution in [-0.4, -0.2) is 22.1 Å². The van der Waals surface area contributed by atoms with Crippen LogP contribution in [0.3, 0.4) is 0 Å². The Kier molecular flexibility index (Phi) is 3.65. The molecule has 0 atom stereocenters. The Morgan fingerprint density at radius 1 is 1.18 bits per heavy atom. The second kappa shape index (κ2) is 5.77. The molecule has 3 aromatic rings. The SMILES string of the molecule is Nc1ccc2[nH]c(=O)n(C(=O)CCOc3ccccc3)c2c1. The van der Waals surface area contributed by atoms with Crippen molar-refractivity contribution in [1.82, 2.24) is 9.55 Å². The lowest BCUT2D eigenvalue weighted by molar-refractivity contribution is 0.0882. The smallest absolute Gasteiger partial charge is 0.333 e. The van der Waals surface area contributed by atoms with Gasteiger partial charge in [0.2, 0.25) is 5.91 Å². The Balaban J connectivity index is 1.76. The Morgan fingerprint density at radius 2 is 1.95 bits per heavy atom. The van der Waals surface area contributed by atoms with E-state index in [1.54, 1.807) is 18.2 Å². The lowest BCUT2D eigenvalue weighted by Gasteiger charge is -2.06. The number of ether oxygens (including phenoxy) is 1. The van der Waals surface area contributed by atoms with E-state index in [0.29, 0.717) is 22.5 Å². The van der Waals surface area contributed by atoms with Gasteiger partial charge in [-0.1, -0.05) is 18.2 Å². The minimum atomic E-state index is -0.467. The monoisotopic (exact) mass is 297 g/mol. The number of imidazole rings is 1. The molecular weight excluding hydrogens is 282 g/mol. The predicted molar refractivity (Wildman–Crippen MR) is 84.2 cm³/mol. The first kappa shape index (κ1) is 13.9. The van der Waals surface area contributed by atoms with Gasteiger partial charge in [0.25, 0.3) is 0 Å². The molecule has 0 fully saturated rings. The van der Waals surface area contributed by atoms with Crippen molar-refractivity contribution in [2.24, 2.45) is 0 Å². The van der Waals surface area contributed by atoms with Crippen LogP contribution in [0.1, 0.15) is 11.2 Å². The van der Waals surface area contributed by atoms with Crippen molar-refractivity contribution >= 4 is 22.6 Å². The van der Waals surface area contributed by atoms with Crippen molar-refractivity contribution in [3.05, 3.63) is 59.0 Å². The van der Waals surface area contributed by atoms with Crippen molar-refractivity contribution in [3.8, 4) is 5.75 Å². The normalized spacial score (nSPS) is 10.7. The number of nitrogen functional groups attached to an aromatic ring is 1. The highest BCUT2D eigenvalue weighted by atomic mass is 16.5. The molecule has 0 unspecified atom stereocenters. The lowest BCUT2D eigenvalue weighted by Crippen LogP contribution is -2.25. The molecule has 0 saturated heterocycles. The second-order valence-corrected chi connectivity index (χ2v) is 4.85. The van der Waals surface area contributed by atoms with Gasteiger partial charge >= 0.3 is 5.69 Å². The van der Waals surface area contributed by atoms with Gasteiger partial charge in [0.05, 0.1) is 24.1 Å². The van der Waals surface area contributed by atoms with Crippen LogP contribution < -0.4 is 16.2 Å². The molecule has 1 heterocycles. The lowest BCUT2D eigenvalue weighted by atomic mass is 10.2. The van der Waals surface area contributed by atoms with Crippen LogP contribution in [-0.2, 0) is 0 Å². The summed E-state index contributed by atoms with van der Waals surface area (Å²) in [5, 5.41) is 0. The molecule has 3 N–H and O–H groups in total. The van der Waals surface area contributed by atoms with Gasteiger partial charge in [-0.05, 0) is 30.3 Å². The van der Waals surface area contributed by atoms with Crippen molar-refractivity contribution in [2.45, 2.75) is 6.42 Å². The summed E-state index contributed by atoms with van der Waals surface area (Å²) in [6.07, 6.45) is 0.0938. The summed E-state index contributed by atoms with van der Waals surface area (Å²) in [4.78, 5) is 26.8. The van der Waals surface area contributed by atoms with E-state index in [1.807, 2.05) is 30.3 Å². The average Bonchev–Trinajstić information content (AvgIpc) is 2.83. The zero-order valence-corrected chi connectivity index (χ0v) is 11.8. The third-order valence-electron chi connectivity index (χ3n) is 3.28. The summed E-state index contributed by atoms with van der Waals surface area (Å²) in [5.41, 5.74) is 6.80. The molecule has 0 aliphatic heterocycles. The highest BCUT2D eigenvalue weighted by Gasteiger charge is 2.14. The summed E-state index contributed by atoms with van der Waals surface area (Å²) >= 11 is 0. The highest BCUT2D eigenvalue weighted by molar-refractivity contribution is 5.91. The van der Waals surface area contributed by atoms with Crippen LogP contribution in [0.25, 0.3) is 11.0 Å². The van der Waals surface area contributed by atoms with Gasteiger partial charge in [0.15, 0.2) is 0 Å². The molecule has 0 spiro atoms. The number of benzene rings is 2. The molecule has 0 bridgehead atoms.